The van der Waals surface area contributed by atoms with E-state index >= 15 is 0 Å². The van der Waals surface area contributed by atoms with E-state index in [4.69, 9.17) is 0 Å². The summed E-state index contributed by atoms with van der Waals surface area (Å²) < 4.78 is 0. The molecule has 1 amide bonds. The Balaban J connectivity index is 2.76. The SMILES string of the molecule is CCCC(C)NC(=O)c1cc(S)ccc1C. The first kappa shape index (κ1) is 13.1. The summed E-state index contributed by atoms with van der Waals surface area (Å²) in [6.07, 6.45) is 2.08. The zero-order chi connectivity index (χ0) is 12.1. The van der Waals surface area contributed by atoms with Gasteiger partial charge in [-0.05, 0) is 38.0 Å². The third kappa shape index (κ3) is 3.56. The van der Waals surface area contributed by atoms with Crippen LogP contribution in [-0.4, -0.2) is 11.9 Å². The summed E-state index contributed by atoms with van der Waals surface area (Å²) in [7, 11) is 0. The van der Waals surface area contributed by atoms with E-state index in [0.717, 1.165) is 28.9 Å². The van der Waals surface area contributed by atoms with E-state index in [1.165, 1.54) is 0 Å². The number of carbonyl (C=O) groups is 1. The lowest BCUT2D eigenvalue weighted by atomic mass is 10.1. The van der Waals surface area contributed by atoms with Crippen molar-refractivity contribution < 1.29 is 4.79 Å². The van der Waals surface area contributed by atoms with Crippen LogP contribution in [0.5, 0.6) is 0 Å². The maximum absolute atomic E-state index is 12.0. The highest BCUT2D eigenvalue weighted by molar-refractivity contribution is 7.80. The summed E-state index contributed by atoms with van der Waals surface area (Å²) in [6.45, 7) is 6.08. The van der Waals surface area contributed by atoms with Crippen molar-refractivity contribution in [3.05, 3.63) is 29.3 Å². The van der Waals surface area contributed by atoms with Gasteiger partial charge in [0.15, 0.2) is 0 Å². The van der Waals surface area contributed by atoms with Crippen LogP contribution in [0.1, 0.15) is 42.6 Å². The fourth-order valence-electron chi connectivity index (χ4n) is 1.66. The number of carbonyl (C=O) groups excluding carboxylic acids is 1. The number of amides is 1. The lowest BCUT2D eigenvalue weighted by Gasteiger charge is -2.14. The number of nitrogens with one attached hydrogen (secondary N) is 1. The topological polar surface area (TPSA) is 29.1 Å². The third-order valence-corrected chi connectivity index (χ3v) is 2.84. The molecule has 0 spiro atoms. The molecule has 0 fully saturated rings. The highest BCUT2D eigenvalue weighted by Crippen LogP contribution is 2.14. The van der Waals surface area contributed by atoms with Crippen molar-refractivity contribution in [1.82, 2.24) is 5.32 Å². The Morgan fingerprint density at radius 2 is 2.19 bits per heavy atom. The van der Waals surface area contributed by atoms with E-state index in [9.17, 15) is 4.79 Å². The molecule has 0 aromatic heterocycles. The molecule has 0 aliphatic carbocycles. The second-order valence-corrected chi connectivity index (χ2v) is 4.68. The molecule has 3 heteroatoms. The number of thiol groups is 1. The van der Waals surface area contributed by atoms with Gasteiger partial charge >= 0.3 is 0 Å². The van der Waals surface area contributed by atoms with E-state index in [1.54, 1.807) is 0 Å². The number of aryl methyl sites for hydroxylation is 1. The van der Waals surface area contributed by atoms with Gasteiger partial charge in [0.25, 0.3) is 5.91 Å². The first-order chi connectivity index (χ1) is 7.54. The van der Waals surface area contributed by atoms with Crippen LogP contribution in [0.15, 0.2) is 23.1 Å². The molecule has 0 heterocycles. The zero-order valence-electron chi connectivity index (χ0n) is 10.1. The van der Waals surface area contributed by atoms with Gasteiger partial charge in [-0.15, -0.1) is 12.6 Å². The van der Waals surface area contributed by atoms with Crippen molar-refractivity contribution in [3.8, 4) is 0 Å². The largest absolute Gasteiger partial charge is 0.350 e. The monoisotopic (exact) mass is 237 g/mol. The maximum Gasteiger partial charge on any atom is 0.251 e. The molecule has 2 nitrogen and oxygen atoms in total. The van der Waals surface area contributed by atoms with Gasteiger partial charge in [-0.2, -0.15) is 0 Å². The number of benzene rings is 1. The number of rotatable bonds is 4. The first-order valence-electron chi connectivity index (χ1n) is 5.65. The molecule has 0 bridgehead atoms. The van der Waals surface area contributed by atoms with Gasteiger partial charge in [0.05, 0.1) is 0 Å². The Morgan fingerprint density at radius 1 is 1.50 bits per heavy atom. The molecule has 1 N–H and O–H groups in total. The second-order valence-electron chi connectivity index (χ2n) is 4.16. The van der Waals surface area contributed by atoms with Crippen LogP contribution in [0.25, 0.3) is 0 Å². The normalized spacial score (nSPS) is 12.2. The minimum absolute atomic E-state index is 0.00523. The molecule has 1 rings (SSSR count). The van der Waals surface area contributed by atoms with Gasteiger partial charge < -0.3 is 5.32 Å². The van der Waals surface area contributed by atoms with Crippen LogP contribution in [0, 0.1) is 6.92 Å². The Hall–Kier alpha value is -0.960. The molecule has 0 aliphatic rings. The summed E-state index contributed by atoms with van der Waals surface area (Å²) in [5.41, 5.74) is 1.70. The fraction of sp³-hybridized carbons (Fsp3) is 0.462. The Bertz CT molecular complexity index is 376. The molecule has 0 radical (unpaired) electrons. The summed E-state index contributed by atoms with van der Waals surface area (Å²) in [6, 6.07) is 5.85. The van der Waals surface area contributed by atoms with E-state index in [2.05, 4.69) is 24.9 Å². The molecule has 1 aromatic rings. The molecule has 0 aliphatic heterocycles. The standard InChI is InChI=1S/C13H19NOS/c1-4-5-10(3)14-13(15)12-8-11(16)7-6-9(12)2/h6-8,10,16H,4-5H2,1-3H3,(H,14,15). The predicted molar refractivity (Wildman–Crippen MR) is 70.3 cm³/mol. The van der Waals surface area contributed by atoms with Crippen LogP contribution < -0.4 is 5.32 Å². The van der Waals surface area contributed by atoms with E-state index < -0.39 is 0 Å². The maximum atomic E-state index is 12.0. The van der Waals surface area contributed by atoms with Crippen molar-refractivity contribution in [2.45, 2.75) is 44.6 Å². The van der Waals surface area contributed by atoms with Gasteiger partial charge in [0.1, 0.15) is 0 Å². The van der Waals surface area contributed by atoms with Crippen LogP contribution in [0.2, 0.25) is 0 Å². The highest BCUT2D eigenvalue weighted by atomic mass is 32.1. The minimum Gasteiger partial charge on any atom is -0.350 e. The van der Waals surface area contributed by atoms with Gasteiger partial charge in [0, 0.05) is 16.5 Å². The van der Waals surface area contributed by atoms with Crippen molar-refractivity contribution in [2.75, 3.05) is 0 Å². The minimum atomic E-state index is -0.00523. The quantitative estimate of drug-likeness (QED) is 0.774. The molecular weight excluding hydrogens is 218 g/mol. The van der Waals surface area contributed by atoms with Crippen LogP contribution in [-0.2, 0) is 0 Å². The fourth-order valence-corrected chi connectivity index (χ4v) is 1.86. The van der Waals surface area contributed by atoms with Gasteiger partial charge in [-0.3, -0.25) is 4.79 Å². The van der Waals surface area contributed by atoms with Gasteiger partial charge in [0.2, 0.25) is 0 Å². The Labute approximate surface area is 103 Å². The van der Waals surface area contributed by atoms with E-state index in [0.29, 0.717) is 0 Å². The number of hydrogen-bond donors (Lipinski definition) is 2. The predicted octanol–water partition coefficient (Wildman–Crippen LogP) is 3.20. The van der Waals surface area contributed by atoms with Crippen molar-refractivity contribution in [1.29, 1.82) is 0 Å². The number of hydrogen-bond acceptors (Lipinski definition) is 2. The smallest absolute Gasteiger partial charge is 0.251 e. The average molecular weight is 237 g/mol. The zero-order valence-corrected chi connectivity index (χ0v) is 11.0. The van der Waals surface area contributed by atoms with E-state index in [-0.39, 0.29) is 11.9 Å². The molecule has 1 atom stereocenters. The van der Waals surface area contributed by atoms with Gasteiger partial charge in [-0.1, -0.05) is 19.4 Å². The summed E-state index contributed by atoms with van der Waals surface area (Å²) >= 11 is 4.25. The average Bonchev–Trinajstić information content (AvgIpc) is 2.21. The van der Waals surface area contributed by atoms with Crippen LogP contribution >= 0.6 is 12.6 Å². The third-order valence-electron chi connectivity index (χ3n) is 2.56. The Morgan fingerprint density at radius 3 is 2.81 bits per heavy atom. The van der Waals surface area contributed by atoms with Crippen LogP contribution in [0.3, 0.4) is 0 Å². The Kier molecular flexibility index (Phi) is 4.87. The lowest BCUT2D eigenvalue weighted by Crippen LogP contribution is -2.32. The molecule has 0 saturated carbocycles. The van der Waals surface area contributed by atoms with Crippen molar-refractivity contribution in [2.24, 2.45) is 0 Å². The van der Waals surface area contributed by atoms with Crippen molar-refractivity contribution >= 4 is 18.5 Å². The van der Waals surface area contributed by atoms with E-state index in [1.807, 2.05) is 32.0 Å². The summed E-state index contributed by atoms with van der Waals surface area (Å²) in [5, 5.41) is 2.99. The summed E-state index contributed by atoms with van der Waals surface area (Å²) in [5.74, 6) is -0.00523. The summed E-state index contributed by atoms with van der Waals surface area (Å²) in [4.78, 5) is 12.8. The van der Waals surface area contributed by atoms with Crippen molar-refractivity contribution in [3.63, 3.8) is 0 Å². The molecule has 1 aromatic carbocycles. The highest BCUT2D eigenvalue weighted by Gasteiger charge is 2.11. The van der Waals surface area contributed by atoms with Crippen LogP contribution in [0.4, 0.5) is 0 Å². The molecule has 88 valence electrons. The molecule has 0 saturated heterocycles. The molecule has 1 unspecified atom stereocenters. The van der Waals surface area contributed by atoms with Gasteiger partial charge in [-0.25, -0.2) is 0 Å². The second kappa shape index (κ2) is 5.94. The molecular formula is C13H19NOS. The first-order valence-corrected chi connectivity index (χ1v) is 6.09. The molecule has 16 heavy (non-hydrogen) atoms. The lowest BCUT2D eigenvalue weighted by molar-refractivity contribution is 0.0937.